The average Bonchev–Trinajstić information content (AvgIpc) is 3.05. The van der Waals surface area contributed by atoms with E-state index in [1.54, 1.807) is 4.40 Å². The van der Waals surface area contributed by atoms with E-state index >= 15 is 0 Å². The number of amides is 1. The van der Waals surface area contributed by atoms with Gasteiger partial charge in [-0.2, -0.15) is 0 Å². The molecule has 1 aromatic carbocycles. The Morgan fingerprint density at radius 3 is 2.50 bits per heavy atom. The molecule has 0 fully saturated rings. The second-order valence-corrected chi connectivity index (χ2v) is 7.65. The lowest BCUT2D eigenvalue weighted by atomic mass is 9.91. The summed E-state index contributed by atoms with van der Waals surface area (Å²) in [5.41, 5.74) is 2.50. The Bertz CT molecular complexity index is 917. The Labute approximate surface area is 144 Å². The molecule has 0 aliphatic heterocycles. The molecule has 0 radical (unpaired) electrons. The Morgan fingerprint density at radius 1 is 1.25 bits per heavy atom. The van der Waals surface area contributed by atoms with Gasteiger partial charge in [-0.1, -0.05) is 50.3 Å². The van der Waals surface area contributed by atoms with E-state index in [1.165, 1.54) is 11.3 Å². The molecule has 3 aromatic rings. The summed E-state index contributed by atoms with van der Waals surface area (Å²) in [6.45, 7) is 7.89. The fourth-order valence-electron chi connectivity index (χ4n) is 2.65. The summed E-state index contributed by atoms with van der Waals surface area (Å²) in [6, 6.07) is 9.29. The number of nitrogens with zero attached hydrogens (tertiary/aromatic N) is 2. The van der Waals surface area contributed by atoms with Gasteiger partial charge < -0.3 is 5.32 Å². The van der Waals surface area contributed by atoms with Crippen LogP contribution in [0.15, 0.2) is 30.3 Å². The van der Waals surface area contributed by atoms with Gasteiger partial charge in [0.15, 0.2) is 11.2 Å². The molecule has 0 spiro atoms. The lowest BCUT2D eigenvalue weighted by molar-refractivity contribution is 0.102. The Balaban J connectivity index is 2.05. The topological polar surface area (TPSA) is 63.5 Å². The number of nitrogens with one attached hydrogen (secondary N) is 1. The zero-order chi connectivity index (χ0) is 17.5. The number of benzene rings is 1. The smallest absolute Gasteiger partial charge is 0.267 e. The van der Waals surface area contributed by atoms with Crippen molar-refractivity contribution in [1.29, 1.82) is 0 Å². The molecule has 0 saturated carbocycles. The molecule has 1 amide bonds. The van der Waals surface area contributed by atoms with Crippen molar-refractivity contribution in [1.82, 2.24) is 9.38 Å². The van der Waals surface area contributed by atoms with Gasteiger partial charge in [-0.05, 0) is 19.1 Å². The summed E-state index contributed by atoms with van der Waals surface area (Å²) in [5.74, 6) is -0.191. The molecule has 1 N–H and O–H groups in total. The third-order valence-electron chi connectivity index (χ3n) is 3.80. The van der Waals surface area contributed by atoms with Crippen molar-refractivity contribution in [2.45, 2.75) is 33.1 Å². The van der Waals surface area contributed by atoms with Gasteiger partial charge in [-0.3, -0.25) is 14.0 Å². The number of carbonyl (C=O) groups excluding carboxylic acids is 2. The number of thiazole rings is 1. The van der Waals surface area contributed by atoms with E-state index in [9.17, 15) is 9.59 Å². The van der Waals surface area contributed by atoms with Crippen LogP contribution in [0.25, 0.3) is 4.96 Å². The second-order valence-electron chi connectivity index (χ2n) is 6.67. The first-order chi connectivity index (χ1) is 11.3. The van der Waals surface area contributed by atoms with E-state index in [1.807, 2.05) is 58.0 Å². The fourth-order valence-corrected chi connectivity index (χ4v) is 3.68. The number of hydrogen-bond donors (Lipinski definition) is 1. The molecule has 5 nitrogen and oxygen atoms in total. The second kappa shape index (κ2) is 5.87. The highest BCUT2D eigenvalue weighted by molar-refractivity contribution is 7.19. The highest BCUT2D eigenvalue weighted by Gasteiger charge is 2.27. The third-order valence-corrected chi connectivity index (χ3v) is 4.94. The molecule has 3 rings (SSSR count). The summed E-state index contributed by atoms with van der Waals surface area (Å²) in [6.07, 6.45) is 0.819. The molecule has 24 heavy (non-hydrogen) atoms. The van der Waals surface area contributed by atoms with Crippen molar-refractivity contribution < 1.29 is 9.59 Å². The first kappa shape index (κ1) is 16.4. The van der Waals surface area contributed by atoms with E-state index in [0.717, 1.165) is 23.4 Å². The van der Waals surface area contributed by atoms with Gasteiger partial charge in [-0.25, -0.2) is 4.98 Å². The minimum Gasteiger partial charge on any atom is -0.321 e. The largest absolute Gasteiger partial charge is 0.321 e. The standard InChI is InChI=1S/C18H19N3O2S/c1-11-14(16(23)19-12-8-6-5-7-9-12)24-17-20-15(18(2,3)4)13(10-22)21(11)17/h5-10H,1-4H3,(H,19,23). The number of aldehydes is 1. The Morgan fingerprint density at radius 2 is 1.92 bits per heavy atom. The number of hydrogen-bond acceptors (Lipinski definition) is 4. The minimum atomic E-state index is -0.235. The predicted molar refractivity (Wildman–Crippen MR) is 96.3 cm³/mol. The van der Waals surface area contributed by atoms with Crippen LogP contribution in [0.5, 0.6) is 0 Å². The molecular formula is C18H19N3O2S. The molecule has 0 atom stereocenters. The maximum atomic E-state index is 12.6. The molecule has 0 aliphatic rings. The quantitative estimate of drug-likeness (QED) is 0.731. The van der Waals surface area contributed by atoms with Crippen LogP contribution in [-0.2, 0) is 5.41 Å². The average molecular weight is 341 g/mol. The van der Waals surface area contributed by atoms with E-state index in [-0.39, 0.29) is 11.3 Å². The molecule has 0 unspecified atom stereocenters. The fraction of sp³-hybridized carbons (Fsp3) is 0.278. The first-order valence-corrected chi connectivity index (χ1v) is 8.48. The van der Waals surface area contributed by atoms with Crippen molar-refractivity contribution in [2.24, 2.45) is 0 Å². The summed E-state index contributed by atoms with van der Waals surface area (Å²) >= 11 is 1.30. The van der Waals surface area contributed by atoms with Crippen LogP contribution in [0.2, 0.25) is 0 Å². The van der Waals surface area contributed by atoms with Gasteiger partial charge in [0, 0.05) is 16.8 Å². The number of imidazole rings is 1. The highest BCUT2D eigenvalue weighted by Crippen LogP contribution is 2.31. The molecule has 0 aliphatic carbocycles. The van der Waals surface area contributed by atoms with Gasteiger partial charge in [0.1, 0.15) is 10.6 Å². The normalized spacial score (nSPS) is 11.7. The number of fused-ring (bicyclic) bond motifs is 1. The summed E-state index contributed by atoms with van der Waals surface area (Å²) < 4.78 is 1.78. The maximum absolute atomic E-state index is 12.6. The Hall–Kier alpha value is -2.47. The lowest BCUT2D eigenvalue weighted by Crippen LogP contribution is -2.16. The van der Waals surface area contributed by atoms with E-state index in [2.05, 4.69) is 10.3 Å². The summed E-state index contributed by atoms with van der Waals surface area (Å²) in [7, 11) is 0. The van der Waals surface area contributed by atoms with Crippen LogP contribution < -0.4 is 5.32 Å². The molecule has 2 aromatic heterocycles. The van der Waals surface area contributed by atoms with E-state index in [0.29, 0.717) is 15.5 Å². The Kier molecular flexibility index (Phi) is 4.01. The highest BCUT2D eigenvalue weighted by atomic mass is 32.1. The number of anilines is 1. The molecule has 124 valence electrons. The van der Waals surface area contributed by atoms with Crippen molar-refractivity contribution in [3.05, 3.63) is 52.3 Å². The first-order valence-electron chi connectivity index (χ1n) is 7.67. The van der Waals surface area contributed by atoms with Crippen LogP contribution in [0.1, 0.15) is 52.3 Å². The van der Waals surface area contributed by atoms with Gasteiger partial charge >= 0.3 is 0 Å². The molecular weight excluding hydrogens is 322 g/mol. The summed E-state index contributed by atoms with van der Waals surface area (Å²) in [4.78, 5) is 30.0. The predicted octanol–water partition coefficient (Wildman–Crippen LogP) is 4.07. The van der Waals surface area contributed by atoms with Gasteiger partial charge in [0.05, 0.1) is 5.69 Å². The molecule has 6 heteroatoms. The maximum Gasteiger partial charge on any atom is 0.267 e. The SMILES string of the molecule is Cc1c(C(=O)Nc2ccccc2)sc2nc(C(C)(C)C)c(C=O)n12. The van der Waals surface area contributed by atoms with Crippen LogP contribution in [0, 0.1) is 6.92 Å². The van der Waals surface area contributed by atoms with Crippen LogP contribution in [0.3, 0.4) is 0 Å². The number of rotatable bonds is 3. The van der Waals surface area contributed by atoms with Crippen molar-refractivity contribution >= 4 is 34.2 Å². The number of aromatic nitrogens is 2. The monoisotopic (exact) mass is 341 g/mol. The zero-order valence-electron chi connectivity index (χ0n) is 14.1. The molecule has 0 bridgehead atoms. The van der Waals surface area contributed by atoms with Crippen LogP contribution in [-0.4, -0.2) is 21.6 Å². The lowest BCUT2D eigenvalue weighted by Gasteiger charge is -2.16. The minimum absolute atomic E-state index is 0.191. The third kappa shape index (κ3) is 2.73. The van der Waals surface area contributed by atoms with Crippen molar-refractivity contribution in [3.8, 4) is 0 Å². The number of para-hydroxylation sites is 1. The number of aryl methyl sites for hydroxylation is 1. The van der Waals surface area contributed by atoms with Crippen LogP contribution >= 0.6 is 11.3 Å². The molecule has 0 saturated heterocycles. The molecule has 2 heterocycles. The van der Waals surface area contributed by atoms with Crippen molar-refractivity contribution in [3.63, 3.8) is 0 Å². The van der Waals surface area contributed by atoms with Gasteiger partial charge in [-0.15, -0.1) is 0 Å². The van der Waals surface area contributed by atoms with E-state index < -0.39 is 0 Å². The van der Waals surface area contributed by atoms with Crippen molar-refractivity contribution in [2.75, 3.05) is 5.32 Å². The van der Waals surface area contributed by atoms with Gasteiger partial charge in [0.25, 0.3) is 5.91 Å². The summed E-state index contributed by atoms with van der Waals surface area (Å²) in [5, 5.41) is 2.87. The van der Waals surface area contributed by atoms with Crippen LogP contribution in [0.4, 0.5) is 5.69 Å². The zero-order valence-corrected chi connectivity index (χ0v) is 14.9. The number of carbonyl (C=O) groups is 2. The van der Waals surface area contributed by atoms with E-state index in [4.69, 9.17) is 0 Å². The van der Waals surface area contributed by atoms with Gasteiger partial charge in [0.2, 0.25) is 0 Å².